The number of aromatic amines is 1. The number of H-pyrrole nitrogens is 1. The summed E-state index contributed by atoms with van der Waals surface area (Å²) in [7, 11) is 0. The van der Waals surface area contributed by atoms with Crippen LogP contribution in [-0.2, 0) is 6.42 Å². The van der Waals surface area contributed by atoms with Gasteiger partial charge >= 0.3 is 0 Å². The Kier molecular flexibility index (Phi) is 2.75. The lowest BCUT2D eigenvalue weighted by Gasteiger charge is -1.94. The van der Waals surface area contributed by atoms with Crippen molar-refractivity contribution < 1.29 is 0 Å². The van der Waals surface area contributed by atoms with Gasteiger partial charge in [-0.25, -0.2) is 4.98 Å². The normalized spacial score (nSPS) is 10.6. The molecule has 0 aromatic carbocycles. The first-order valence-corrected chi connectivity index (χ1v) is 4.20. The smallest absolute Gasteiger partial charge is 0.153 e. The third-order valence-corrected chi connectivity index (χ3v) is 1.55. The maximum Gasteiger partial charge on any atom is 0.153 e. The van der Waals surface area contributed by atoms with Gasteiger partial charge in [-0.05, 0) is 0 Å². The van der Waals surface area contributed by atoms with E-state index in [1.165, 1.54) is 0 Å². The van der Waals surface area contributed by atoms with Gasteiger partial charge in [0.15, 0.2) is 5.82 Å². The molecule has 4 nitrogen and oxygen atoms in total. The summed E-state index contributed by atoms with van der Waals surface area (Å²) in [6.45, 7) is 4.07. The molecule has 12 heavy (non-hydrogen) atoms. The van der Waals surface area contributed by atoms with Crippen molar-refractivity contribution in [2.24, 2.45) is 5.73 Å². The Labute approximate surface area is 76.6 Å². The Morgan fingerprint density at radius 2 is 2.33 bits per heavy atom. The zero-order chi connectivity index (χ0) is 9.14. The third-order valence-electron chi connectivity index (χ3n) is 1.41. The Balaban J connectivity index is 2.70. The van der Waals surface area contributed by atoms with Crippen molar-refractivity contribution in [3.05, 3.63) is 11.6 Å². The second-order valence-electron chi connectivity index (χ2n) is 2.94. The van der Waals surface area contributed by atoms with Gasteiger partial charge in [-0.1, -0.05) is 26.1 Å². The van der Waals surface area contributed by atoms with Gasteiger partial charge in [0, 0.05) is 5.92 Å². The van der Waals surface area contributed by atoms with E-state index in [9.17, 15) is 0 Å². The van der Waals surface area contributed by atoms with Gasteiger partial charge in [-0.3, -0.25) is 5.10 Å². The van der Waals surface area contributed by atoms with Crippen LogP contribution in [0.1, 0.15) is 31.4 Å². The van der Waals surface area contributed by atoms with E-state index in [-0.39, 0.29) is 0 Å². The molecule has 1 aromatic rings. The van der Waals surface area contributed by atoms with Gasteiger partial charge in [0.25, 0.3) is 0 Å². The summed E-state index contributed by atoms with van der Waals surface area (Å²) < 4.78 is 0. The van der Waals surface area contributed by atoms with E-state index < -0.39 is 0 Å². The molecule has 1 aromatic heterocycles. The van der Waals surface area contributed by atoms with Gasteiger partial charge in [-0.15, -0.1) is 0 Å². The zero-order valence-corrected chi connectivity index (χ0v) is 7.98. The molecule has 3 N–H and O–H groups in total. The fourth-order valence-electron chi connectivity index (χ4n) is 0.812. The van der Waals surface area contributed by atoms with E-state index in [1.807, 2.05) is 13.8 Å². The quantitative estimate of drug-likeness (QED) is 0.680. The molecule has 0 amide bonds. The highest BCUT2D eigenvalue weighted by atomic mass is 32.1. The molecule has 0 unspecified atom stereocenters. The van der Waals surface area contributed by atoms with Crippen LogP contribution in [0.15, 0.2) is 0 Å². The number of aromatic nitrogens is 3. The van der Waals surface area contributed by atoms with Gasteiger partial charge in [0.05, 0.1) is 11.4 Å². The fourth-order valence-corrected chi connectivity index (χ4v) is 0.949. The highest BCUT2D eigenvalue weighted by Gasteiger charge is 2.06. The molecular weight excluding hydrogens is 172 g/mol. The summed E-state index contributed by atoms with van der Waals surface area (Å²) in [5, 5.41) is 6.81. The predicted molar refractivity (Wildman–Crippen MR) is 51.0 cm³/mol. The van der Waals surface area contributed by atoms with Gasteiger partial charge in [0.2, 0.25) is 0 Å². The maximum absolute atomic E-state index is 5.35. The van der Waals surface area contributed by atoms with Crippen molar-refractivity contribution in [2.75, 3.05) is 0 Å². The second kappa shape index (κ2) is 3.62. The zero-order valence-electron chi connectivity index (χ0n) is 7.16. The van der Waals surface area contributed by atoms with Crippen LogP contribution < -0.4 is 5.73 Å². The number of hydrogen-bond acceptors (Lipinski definition) is 3. The first-order valence-electron chi connectivity index (χ1n) is 3.79. The van der Waals surface area contributed by atoms with Crippen LogP contribution in [0.25, 0.3) is 0 Å². The molecule has 1 heterocycles. The van der Waals surface area contributed by atoms with Crippen LogP contribution in [0, 0.1) is 0 Å². The minimum absolute atomic E-state index is 0.335. The molecule has 5 heteroatoms. The van der Waals surface area contributed by atoms with Crippen molar-refractivity contribution in [1.82, 2.24) is 15.2 Å². The van der Waals surface area contributed by atoms with Crippen LogP contribution in [0.2, 0.25) is 0 Å². The Morgan fingerprint density at radius 1 is 1.67 bits per heavy atom. The summed E-state index contributed by atoms with van der Waals surface area (Å²) >= 11 is 4.74. The van der Waals surface area contributed by atoms with E-state index in [0.717, 1.165) is 11.6 Å². The first kappa shape index (κ1) is 9.12. The minimum Gasteiger partial charge on any atom is -0.393 e. The van der Waals surface area contributed by atoms with E-state index in [1.54, 1.807) is 0 Å². The molecule has 0 aliphatic rings. The summed E-state index contributed by atoms with van der Waals surface area (Å²) in [6.07, 6.45) is 0.495. The van der Waals surface area contributed by atoms with E-state index in [4.69, 9.17) is 18.0 Å². The van der Waals surface area contributed by atoms with Crippen molar-refractivity contribution >= 4 is 17.2 Å². The molecule has 0 atom stereocenters. The van der Waals surface area contributed by atoms with Crippen molar-refractivity contribution in [3.63, 3.8) is 0 Å². The molecule has 0 saturated carbocycles. The summed E-state index contributed by atoms with van der Waals surface area (Å²) in [4.78, 5) is 4.65. The number of rotatable bonds is 3. The van der Waals surface area contributed by atoms with E-state index in [2.05, 4.69) is 15.2 Å². The average Bonchev–Trinajstić information content (AvgIpc) is 2.34. The average molecular weight is 184 g/mol. The largest absolute Gasteiger partial charge is 0.393 e. The van der Waals surface area contributed by atoms with Crippen molar-refractivity contribution in [2.45, 2.75) is 26.2 Å². The van der Waals surface area contributed by atoms with Crippen LogP contribution >= 0.6 is 12.2 Å². The molecule has 0 aliphatic carbocycles. The van der Waals surface area contributed by atoms with Crippen LogP contribution in [0.3, 0.4) is 0 Å². The maximum atomic E-state index is 5.35. The lowest BCUT2D eigenvalue weighted by Crippen LogP contribution is -2.12. The summed E-state index contributed by atoms with van der Waals surface area (Å²) in [5.41, 5.74) is 5.35. The van der Waals surface area contributed by atoms with E-state index in [0.29, 0.717) is 17.3 Å². The summed E-state index contributed by atoms with van der Waals surface area (Å²) in [6, 6.07) is 0. The standard InChI is InChI=1S/C7H12N4S/c1-4(2)7-9-6(10-11-7)3-5(8)12/h4H,3H2,1-2H3,(H2,8,12)(H,9,10,11). The Morgan fingerprint density at radius 3 is 2.75 bits per heavy atom. The van der Waals surface area contributed by atoms with Gasteiger partial charge in [0.1, 0.15) is 5.82 Å². The molecule has 0 spiro atoms. The highest BCUT2D eigenvalue weighted by Crippen LogP contribution is 2.07. The van der Waals surface area contributed by atoms with E-state index >= 15 is 0 Å². The lowest BCUT2D eigenvalue weighted by atomic mass is 10.2. The van der Waals surface area contributed by atoms with Gasteiger partial charge < -0.3 is 5.73 Å². The van der Waals surface area contributed by atoms with Crippen molar-refractivity contribution in [3.8, 4) is 0 Å². The van der Waals surface area contributed by atoms with Crippen LogP contribution in [-0.4, -0.2) is 20.2 Å². The molecular formula is C7H12N4S. The molecule has 66 valence electrons. The highest BCUT2D eigenvalue weighted by molar-refractivity contribution is 7.80. The molecule has 0 aliphatic heterocycles. The molecule has 0 radical (unpaired) electrons. The monoisotopic (exact) mass is 184 g/mol. The molecule has 1 rings (SSSR count). The molecule has 0 bridgehead atoms. The second-order valence-corrected chi connectivity index (χ2v) is 3.46. The third kappa shape index (κ3) is 2.27. The van der Waals surface area contributed by atoms with Gasteiger partial charge in [-0.2, -0.15) is 5.10 Å². The number of nitrogens with one attached hydrogen (secondary N) is 1. The molecule has 0 fully saturated rings. The summed E-state index contributed by atoms with van der Waals surface area (Å²) in [5.74, 6) is 1.88. The predicted octanol–water partition coefficient (Wildman–Crippen LogP) is 0.757. The minimum atomic E-state index is 0.335. The number of nitrogens with zero attached hydrogens (tertiary/aromatic N) is 2. The number of nitrogens with two attached hydrogens (primary N) is 1. The topological polar surface area (TPSA) is 67.6 Å². The Hall–Kier alpha value is -0.970. The van der Waals surface area contributed by atoms with Crippen LogP contribution in [0.5, 0.6) is 0 Å². The SMILES string of the molecule is CC(C)c1n[nH]c(CC(N)=S)n1. The fraction of sp³-hybridized carbons (Fsp3) is 0.571. The number of hydrogen-bond donors (Lipinski definition) is 2. The molecule has 0 saturated heterocycles. The van der Waals surface area contributed by atoms with Crippen molar-refractivity contribution in [1.29, 1.82) is 0 Å². The first-order chi connectivity index (χ1) is 5.59. The number of thiocarbonyl (C=S) groups is 1. The lowest BCUT2D eigenvalue weighted by molar-refractivity contribution is 0.780. The Bertz CT molecular complexity index is 279. The van der Waals surface area contributed by atoms with Crippen LogP contribution in [0.4, 0.5) is 0 Å².